The third-order valence-electron chi connectivity index (χ3n) is 4.83. The molecule has 0 radical (unpaired) electrons. The van der Waals surface area contributed by atoms with Gasteiger partial charge in [0.25, 0.3) is 11.8 Å². The second-order valence-electron chi connectivity index (χ2n) is 6.61. The van der Waals surface area contributed by atoms with Crippen LogP contribution in [0, 0.1) is 0 Å². The zero-order valence-electron chi connectivity index (χ0n) is 14.9. The maximum atomic E-state index is 12.9. The molecule has 2 aliphatic rings. The minimum absolute atomic E-state index is 0.0902. The van der Waals surface area contributed by atoms with Crippen molar-refractivity contribution in [3.05, 3.63) is 71.3 Å². The number of cyclic esters (lactones) is 1. The lowest BCUT2D eigenvalue weighted by atomic mass is 10.0. The van der Waals surface area contributed by atoms with Crippen LogP contribution >= 0.6 is 0 Å². The minimum atomic E-state index is -1.18. The topological polar surface area (TPSA) is 90.0 Å². The van der Waals surface area contributed by atoms with Gasteiger partial charge in [0.1, 0.15) is 6.04 Å². The van der Waals surface area contributed by atoms with Crippen molar-refractivity contribution in [1.29, 1.82) is 0 Å². The van der Waals surface area contributed by atoms with E-state index < -0.39 is 35.9 Å². The van der Waals surface area contributed by atoms with Crippen LogP contribution in [0.1, 0.15) is 32.7 Å². The zero-order valence-corrected chi connectivity index (χ0v) is 14.9. The number of hydrogen-bond acceptors (Lipinski definition) is 6. The van der Waals surface area contributed by atoms with Gasteiger partial charge in [-0.25, -0.2) is 9.59 Å². The summed E-state index contributed by atoms with van der Waals surface area (Å²) in [5.74, 6) is -2.52. The average Bonchev–Trinajstić information content (AvgIpc) is 3.22. The summed E-state index contributed by atoms with van der Waals surface area (Å²) in [4.78, 5) is 51.2. The quantitative estimate of drug-likeness (QED) is 0.581. The van der Waals surface area contributed by atoms with Crippen molar-refractivity contribution in [2.75, 3.05) is 6.61 Å². The van der Waals surface area contributed by atoms with Gasteiger partial charge < -0.3 is 9.47 Å². The Balaban J connectivity index is 1.65. The number of imide groups is 1. The molecule has 4 rings (SSSR count). The number of carbonyl (C=O) groups excluding carboxylic acids is 4. The van der Waals surface area contributed by atoms with Gasteiger partial charge in [-0.2, -0.15) is 0 Å². The summed E-state index contributed by atoms with van der Waals surface area (Å²) in [5.41, 5.74) is 1.26. The first-order valence-electron chi connectivity index (χ1n) is 8.94. The highest BCUT2D eigenvalue weighted by atomic mass is 16.6. The number of esters is 2. The second kappa shape index (κ2) is 7.26. The molecular weight excluding hydrogens is 362 g/mol. The van der Waals surface area contributed by atoms with Gasteiger partial charge in [-0.1, -0.05) is 42.5 Å². The molecule has 0 saturated carbocycles. The van der Waals surface area contributed by atoms with E-state index in [4.69, 9.17) is 9.47 Å². The Labute approximate surface area is 160 Å². The Morgan fingerprint density at radius 1 is 1.00 bits per heavy atom. The summed E-state index contributed by atoms with van der Waals surface area (Å²) < 4.78 is 10.1. The highest BCUT2D eigenvalue weighted by molar-refractivity contribution is 6.22. The highest BCUT2D eigenvalue weighted by Gasteiger charge is 2.44. The first-order chi connectivity index (χ1) is 13.6. The van der Waals surface area contributed by atoms with Crippen molar-refractivity contribution in [3.63, 3.8) is 0 Å². The fourth-order valence-electron chi connectivity index (χ4n) is 3.41. The lowest BCUT2D eigenvalue weighted by Crippen LogP contribution is -2.48. The predicted molar refractivity (Wildman–Crippen MR) is 96.3 cm³/mol. The number of fused-ring (bicyclic) bond motifs is 1. The van der Waals surface area contributed by atoms with E-state index in [0.29, 0.717) is 0 Å². The summed E-state index contributed by atoms with van der Waals surface area (Å²) in [5, 5.41) is 0. The normalized spacial score (nSPS) is 19.4. The zero-order chi connectivity index (χ0) is 19.7. The number of carbonyl (C=O) groups is 4. The molecule has 142 valence electrons. The number of amides is 2. The van der Waals surface area contributed by atoms with Gasteiger partial charge in [0, 0.05) is 12.8 Å². The van der Waals surface area contributed by atoms with Crippen molar-refractivity contribution in [3.8, 4) is 0 Å². The van der Waals surface area contributed by atoms with Gasteiger partial charge in [0.15, 0.2) is 0 Å². The van der Waals surface area contributed by atoms with E-state index in [2.05, 4.69) is 0 Å². The van der Waals surface area contributed by atoms with Crippen LogP contribution in [0.3, 0.4) is 0 Å². The van der Waals surface area contributed by atoms with E-state index in [-0.39, 0.29) is 30.6 Å². The van der Waals surface area contributed by atoms with E-state index in [9.17, 15) is 19.2 Å². The number of hydrogen-bond donors (Lipinski definition) is 0. The van der Waals surface area contributed by atoms with Crippen LogP contribution in [-0.2, 0) is 25.5 Å². The van der Waals surface area contributed by atoms with Crippen LogP contribution in [-0.4, -0.2) is 47.4 Å². The van der Waals surface area contributed by atoms with Crippen molar-refractivity contribution in [2.24, 2.45) is 0 Å². The molecule has 28 heavy (non-hydrogen) atoms. The van der Waals surface area contributed by atoms with Crippen molar-refractivity contribution >= 4 is 23.8 Å². The smallest absolute Gasteiger partial charge is 0.347 e. The van der Waals surface area contributed by atoms with E-state index in [0.717, 1.165) is 10.5 Å². The molecule has 7 heteroatoms. The first kappa shape index (κ1) is 17.9. The van der Waals surface area contributed by atoms with Gasteiger partial charge in [-0.3, -0.25) is 14.5 Å². The summed E-state index contributed by atoms with van der Waals surface area (Å²) in [7, 11) is 0. The van der Waals surface area contributed by atoms with Gasteiger partial charge in [0.2, 0.25) is 6.10 Å². The molecule has 1 unspecified atom stereocenters. The third-order valence-corrected chi connectivity index (χ3v) is 4.83. The number of rotatable bonds is 5. The number of benzene rings is 2. The lowest BCUT2D eigenvalue weighted by molar-refractivity contribution is -0.163. The molecule has 2 aromatic carbocycles. The average molecular weight is 379 g/mol. The highest BCUT2D eigenvalue weighted by Crippen LogP contribution is 2.27. The van der Waals surface area contributed by atoms with Crippen LogP contribution in [0.15, 0.2) is 54.6 Å². The lowest BCUT2D eigenvalue weighted by Gasteiger charge is -2.25. The molecule has 2 aliphatic heterocycles. The molecule has 1 fully saturated rings. The Hall–Kier alpha value is -3.48. The van der Waals surface area contributed by atoms with E-state index in [1.807, 2.05) is 6.07 Å². The first-order valence-corrected chi connectivity index (χ1v) is 8.94. The maximum absolute atomic E-state index is 12.9. The standard InChI is InChI=1S/C21H17NO6/c23-18-14-8-4-5-9-15(14)19(24)22(18)16(12-13-6-2-1-3-7-13)20(25)28-17-10-11-27-21(17)26/h1-9,16-17H,10-12H2/t16-,17?/m0/s1. The van der Waals surface area contributed by atoms with Crippen molar-refractivity contribution in [2.45, 2.75) is 25.0 Å². The van der Waals surface area contributed by atoms with Crippen LogP contribution in [0.25, 0.3) is 0 Å². The van der Waals surface area contributed by atoms with E-state index in [1.165, 1.54) is 0 Å². The molecule has 2 amide bonds. The van der Waals surface area contributed by atoms with Crippen molar-refractivity contribution < 1.29 is 28.7 Å². The monoisotopic (exact) mass is 379 g/mol. The van der Waals surface area contributed by atoms with Crippen LogP contribution in [0.5, 0.6) is 0 Å². The Morgan fingerprint density at radius 2 is 1.61 bits per heavy atom. The third kappa shape index (κ3) is 3.15. The van der Waals surface area contributed by atoms with Crippen LogP contribution in [0.4, 0.5) is 0 Å². The molecule has 0 aromatic heterocycles. The molecular formula is C21H17NO6. The summed E-state index contributed by atoms with van der Waals surface area (Å²) in [6.45, 7) is 0.174. The molecule has 7 nitrogen and oxygen atoms in total. The fraction of sp³-hybridized carbons (Fsp3) is 0.238. The Morgan fingerprint density at radius 3 is 2.18 bits per heavy atom. The number of ether oxygens (including phenoxy) is 2. The summed E-state index contributed by atoms with van der Waals surface area (Å²) >= 11 is 0. The largest absolute Gasteiger partial charge is 0.463 e. The van der Waals surface area contributed by atoms with Gasteiger partial charge in [-0.05, 0) is 17.7 Å². The molecule has 2 atom stereocenters. The predicted octanol–water partition coefficient (Wildman–Crippen LogP) is 1.75. The molecule has 0 bridgehead atoms. The Bertz CT molecular complexity index is 919. The van der Waals surface area contributed by atoms with Crippen molar-refractivity contribution in [1.82, 2.24) is 4.90 Å². The molecule has 0 aliphatic carbocycles. The minimum Gasteiger partial charge on any atom is -0.463 e. The molecule has 0 N–H and O–H groups in total. The summed E-state index contributed by atoms with van der Waals surface area (Å²) in [6, 6.07) is 14.3. The SMILES string of the molecule is O=C1OCCC1OC(=O)[C@H](Cc1ccccc1)N1C(=O)c2ccccc2C1=O. The second-order valence-corrected chi connectivity index (χ2v) is 6.61. The maximum Gasteiger partial charge on any atom is 0.347 e. The van der Waals surface area contributed by atoms with E-state index in [1.54, 1.807) is 48.5 Å². The van der Waals surface area contributed by atoms with Crippen LogP contribution < -0.4 is 0 Å². The summed E-state index contributed by atoms with van der Waals surface area (Å²) in [6.07, 6.45) is -0.668. The van der Waals surface area contributed by atoms with Crippen LogP contribution in [0.2, 0.25) is 0 Å². The fourth-order valence-corrected chi connectivity index (χ4v) is 3.41. The van der Waals surface area contributed by atoms with Gasteiger partial charge in [0.05, 0.1) is 17.7 Å². The molecule has 2 heterocycles. The van der Waals surface area contributed by atoms with Gasteiger partial charge >= 0.3 is 11.9 Å². The Kier molecular flexibility index (Phi) is 4.65. The van der Waals surface area contributed by atoms with Gasteiger partial charge in [-0.15, -0.1) is 0 Å². The molecule has 2 aromatic rings. The molecule has 1 saturated heterocycles. The number of nitrogens with zero attached hydrogens (tertiary/aromatic N) is 1. The molecule has 0 spiro atoms. The van der Waals surface area contributed by atoms with E-state index >= 15 is 0 Å².